The summed E-state index contributed by atoms with van der Waals surface area (Å²) >= 11 is 0. The summed E-state index contributed by atoms with van der Waals surface area (Å²) in [6.07, 6.45) is 5.97. The molecule has 204 valence electrons. The summed E-state index contributed by atoms with van der Waals surface area (Å²) < 4.78 is 36.5. The first-order valence-electron chi connectivity index (χ1n) is 13.0. The van der Waals surface area contributed by atoms with E-state index in [2.05, 4.69) is 40.2 Å². The van der Waals surface area contributed by atoms with Gasteiger partial charge < -0.3 is 25.0 Å². The van der Waals surface area contributed by atoms with Crippen molar-refractivity contribution in [3.63, 3.8) is 0 Å². The maximum Gasteiger partial charge on any atom is 0.256 e. The molecular formula is C26H29F2N9O2. The van der Waals surface area contributed by atoms with E-state index < -0.39 is 11.8 Å². The Morgan fingerprint density at radius 3 is 2.64 bits per heavy atom. The number of halogens is 2. The van der Waals surface area contributed by atoms with Gasteiger partial charge in [-0.3, -0.25) is 4.68 Å². The highest BCUT2D eigenvalue weighted by Gasteiger charge is 2.23. The highest BCUT2D eigenvalue weighted by Crippen LogP contribution is 2.28. The van der Waals surface area contributed by atoms with Gasteiger partial charge in [0.15, 0.2) is 5.82 Å². The van der Waals surface area contributed by atoms with E-state index in [9.17, 15) is 8.78 Å². The number of anilines is 3. The summed E-state index contributed by atoms with van der Waals surface area (Å²) in [4.78, 5) is 21.7. The second-order valence-electron chi connectivity index (χ2n) is 9.67. The molecule has 0 radical (unpaired) electrons. The number of rotatable bonds is 7. The summed E-state index contributed by atoms with van der Waals surface area (Å²) in [6, 6.07) is 5.38. The number of benzene rings is 1. The predicted octanol–water partition coefficient (Wildman–Crippen LogP) is 2.77. The normalized spacial score (nSPS) is 17.2. The lowest BCUT2D eigenvalue weighted by molar-refractivity contribution is 0.122. The Labute approximate surface area is 223 Å². The zero-order chi connectivity index (χ0) is 26.8. The number of likely N-dealkylation sites (tertiary alicyclic amines) is 1. The van der Waals surface area contributed by atoms with Crippen LogP contribution in [0.3, 0.4) is 0 Å². The molecule has 13 heteroatoms. The summed E-state index contributed by atoms with van der Waals surface area (Å²) in [5.41, 5.74) is 1.46. The Hall–Kier alpha value is -3.81. The zero-order valence-corrected chi connectivity index (χ0v) is 21.3. The number of β-amino-alcohol motifs (C(OH)–C–C–N with tert-alkyl or cyclic N) is 1. The number of fused-ring (bicyclic) bond motifs is 1. The minimum Gasteiger partial charge on any atom is -0.395 e. The van der Waals surface area contributed by atoms with E-state index in [0.717, 1.165) is 56.1 Å². The van der Waals surface area contributed by atoms with Crippen LogP contribution in [0.15, 0.2) is 36.8 Å². The number of aliphatic hydroxyl groups excluding tert-OH is 1. The fourth-order valence-corrected chi connectivity index (χ4v) is 5.03. The Morgan fingerprint density at radius 2 is 1.85 bits per heavy atom. The molecule has 2 aliphatic heterocycles. The highest BCUT2D eigenvalue weighted by atomic mass is 19.1. The number of nitrogens with zero attached hydrogens (tertiary/aromatic N) is 8. The molecule has 11 nitrogen and oxygen atoms in total. The lowest BCUT2D eigenvalue weighted by atomic mass is 10.1. The van der Waals surface area contributed by atoms with Gasteiger partial charge in [0.1, 0.15) is 11.4 Å². The highest BCUT2D eigenvalue weighted by molar-refractivity contribution is 5.84. The number of aliphatic hydroxyl groups is 1. The third kappa shape index (κ3) is 5.51. The maximum absolute atomic E-state index is 14.8. The molecule has 2 saturated heterocycles. The molecule has 3 aromatic heterocycles. The Morgan fingerprint density at radius 1 is 1.03 bits per heavy atom. The largest absolute Gasteiger partial charge is 0.395 e. The van der Waals surface area contributed by atoms with Crippen molar-refractivity contribution in [1.82, 2.24) is 34.6 Å². The molecule has 2 N–H and O–H groups in total. The number of ether oxygens (including phenoxy) is 1. The van der Waals surface area contributed by atoms with Gasteiger partial charge >= 0.3 is 0 Å². The third-order valence-corrected chi connectivity index (χ3v) is 7.16. The van der Waals surface area contributed by atoms with Crippen LogP contribution in [-0.4, -0.2) is 92.3 Å². The van der Waals surface area contributed by atoms with E-state index >= 15 is 0 Å². The molecule has 1 aromatic carbocycles. The van der Waals surface area contributed by atoms with Gasteiger partial charge in [0, 0.05) is 49.9 Å². The lowest BCUT2D eigenvalue weighted by Gasteiger charge is -2.31. The van der Waals surface area contributed by atoms with Gasteiger partial charge in [-0.1, -0.05) is 6.07 Å². The molecule has 2 aliphatic rings. The van der Waals surface area contributed by atoms with Gasteiger partial charge in [0.25, 0.3) is 5.95 Å². The Bertz CT molecular complexity index is 1450. The molecule has 0 saturated carbocycles. The van der Waals surface area contributed by atoms with Gasteiger partial charge in [0.05, 0.1) is 43.8 Å². The molecule has 0 unspecified atom stereocenters. The SMILES string of the molecule is OCCN1CCC(n2cc(Nc3ncc(F)c(-c4ccc5nc(N6CCOCC6)ncc5c4)n3)c(F)n2)CC1. The van der Waals surface area contributed by atoms with Crippen LogP contribution in [0, 0.1) is 11.8 Å². The Kier molecular flexibility index (Phi) is 7.26. The molecule has 0 aliphatic carbocycles. The maximum atomic E-state index is 14.8. The molecule has 0 amide bonds. The monoisotopic (exact) mass is 537 g/mol. The molecule has 0 atom stereocenters. The number of piperidine rings is 1. The second-order valence-corrected chi connectivity index (χ2v) is 9.67. The van der Waals surface area contributed by atoms with Crippen molar-refractivity contribution in [3.8, 4) is 11.3 Å². The van der Waals surface area contributed by atoms with E-state index in [-0.39, 0.29) is 30.0 Å². The molecule has 5 heterocycles. The van der Waals surface area contributed by atoms with Crippen LogP contribution in [0.2, 0.25) is 0 Å². The molecular weight excluding hydrogens is 508 g/mol. The van der Waals surface area contributed by atoms with Crippen LogP contribution >= 0.6 is 0 Å². The van der Waals surface area contributed by atoms with Crippen molar-refractivity contribution in [1.29, 1.82) is 0 Å². The van der Waals surface area contributed by atoms with Gasteiger partial charge in [-0.15, -0.1) is 5.10 Å². The number of morpholine rings is 1. The van der Waals surface area contributed by atoms with Crippen LogP contribution < -0.4 is 10.2 Å². The average molecular weight is 538 g/mol. The first-order chi connectivity index (χ1) is 19.1. The van der Waals surface area contributed by atoms with E-state index in [1.54, 1.807) is 35.3 Å². The minimum absolute atomic E-state index is 0.0540. The second kappa shape index (κ2) is 11.1. The van der Waals surface area contributed by atoms with E-state index in [1.165, 1.54) is 0 Å². The Balaban J connectivity index is 1.20. The van der Waals surface area contributed by atoms with E-state index in [4.69, 9.17) is 9.84 Å². The van der Waals surface area contributed by atoms with Gasteiger partial charge in [0.2, 0.25) is 11.9 Å². The molecule has 39 heavy (non-hydrogen) atoms. The van der Waals surface area contributed by atoms with Crippen molar-refractivity contribution in [2.75, 3.05) is 62.8 Å². The first kappa shape index (κ1) is 25.5. The van der Waals surface area contributed by atoms with Gasteiger partial charge in [-0.2, -0.15) is 4.39 Å². The van der Waals surface area contributed by atoms with Crippen molar-refractivity contribution < 1.29 is 18.6 Å². The molecule has 2 fully saturated rings. The number of aromatic nitrogens is 6. The fraction of sp³-hybridized carbons (Fsp3) is 0.423. The molecule has 0 bridgehead atoms. The average Bonchev–Trinajstić information content (AvgIpc) is 3.34. The third-order valence-electron chi connectivity index (χ3n) is 7.16. The summed E-state index contributed by atoms with van der Waals surface area (Å²) in [5.74, 6) is -0.587. The summed E-state index contributed by atoms with van der Waals surface area (Å²) in [7, 11) is 0. The number of nitrogens with one attached hydrogen (secondary N) is 1. The van der Waals surface area contributed by atoms with Crippen LogP contribution in [-0.2, 0) is 4.74 Å². The van der Waals surface area contributed by atoms with Crippen molar-refractivity contribution in [3.05, 3.63) is 48.6 Å². The first-order valence-corrected chi connectivity index (χ1v) is 13.0. The van der Waals surface area contributed by atoms with Crippen LogP contribution in [0.4, 0.5) is 26.4 Å². The van der Waals surface area contributed by atoms with Crippen LogP contribution in [0.1, 0.15) is 18.9 Å². The summed E-state index contributed by atoms with van der Waals surface area (Å²) in [5, 5.41) is 16.8. The molecule has 0 spiro atoms. The molecule has 6 rings (SSSR count). The fourth-order valence-electron chi connectivity index (χ4n) is 5.03. The number of hydrogen-bond acceptors (Lipinski definition) is 10. The number of hydrogen-bond donors (Lipinski definition) is 2. The predicted molar refractivity (Wildman–Crippen MR) is 141 cm³/mol. The topological polar surface area (TPSA) is 117 Å². The smallest absolute Gasteiger partial charge is 0.256 e. The summed E-state index contributed by atoms with van der Waals surface area (Å²) in [6.45, 7) is 5.12. The van der Waals surface area contributed by atoms with Gasteiger partial charge in [-0.25, -0.2) is 24.3 Å². The van der Waals surface area contributed by atoms with Gasteiger partial charge in [-0.05, 0) is 25.0 Å². The minimum atomic E-state index is -0.679. The quantitative estimate of drug-likeness (QED) is 0.364. The van der Waals surface area contributed by atoms with Crippen molar-refractivity contribution in [2.45, 2.75) is 18.9 Å². The van der Waals surface area contributed by atoms with Crippen LogP contribution in [0.25, 0.3) is 22.2 Å². The van der Waals surface area contributed by atoms with Crippen LogP contribution in [0.5, 0.6) is 0 Å². The lowest BCUT2D eigenvalue weighted by Crippen LogP contribution is -2.37. The van der Waals surface area contributed by atoms with E-state index in [1.807, 2.05) is 0 Å². The van der Waals surface area contributed by atoms with Crippen molar-refractivity contribution >= 4 is 28.5 Å². The van der Waals surface area contributed by atoms with Crippen molar-refractivity contribution in [2.24, 2.45) is 0 Å². The standard InChI is InChI=1S/C26H29F2N9O2/c27-20-15-29-25(31-22-16-37(34-24(22)28)19-3-5-35(6-4-19)7-10-38)33-23(20)17-1-2-21-18(13-17)14-30-26(32-21)36-8-11-39-12-9-36/h1-2,13-16,19,38H,3-12H2,(H,29,31,33). The van der Waals surface area contributed by atoms with E-state index in [0.29, 0.717) is 31.3 Å². The zero-order valence-electron chi connectivity index (χ0n) is 21.3. The molecule has 4 aromatic rings.